The van der Waals surface area contributed by atoms with Crippen LogP contribution in [0.15, 0.2) is 76.5 Å². The Kier molecular flexibility index (Phi) is 4.94. The molecular weight excluding hydrogens is 370 g/mol. The fraction of sp³-hybridized carbons (Fsp3) is 0.105. The molecule has 2 nitrogen and oxygen atoms in total. The second-order valence-corrected chi connectivity index (χ2v) is 6.39. The van der Waals surface area contributed by atoms with Crippen molar-refractivity contribution in [2.24, 2.45) is 0 Å². The number of thiocarbonyl (C=S) groups is 1. The van der Waals surface area contributed by atoms with Crippen LogP contribution in [0.25, 0.3) is 6.08 Å². The minimum atomic E-state index is -0.0273. The molecule has 0 bridgehead atoms. The van der Waals surface area contributed by atoms with E-state index in [9.17, 15) is 0 Å². The third-order valence-corrected chi connectivity index (χ3v) is 4.48. The minimum absolute atomic E-state index is 0.0273. The molecule has 2 aromatic rings. The molecule has 0 aromatic heterocycles. The summed E-state index contributed by atoms with van der Waals surface area (Å²) < 4.78 is 1.05. The van der Waals surface area contributed by atoms with Crippen molar-refractivity contribution in [3.05, 3.63) is 87.6 Å². The molecule has 116 valence electrons. The maximum Gasteiger partial charge on any atom is 0.135 e. The number of allylic oxidation sites excluding steroid dienone is 1. The summed E-state index contributed by atoms with van der Waals surface area (Å²) in [6.45, 7) is 1.97. The van der Waals surface area contributed by atoms with E-state index in [1.54, 1.807) is 10.6 Å². The molecule has 2 aromatic carbocycles. The van der Waals surface area contributed by atoms with Gasteiger partial charge in [-0.3, -0.25) is 0 Å². The highest BCUT2D eigenvalue weighted by molar-refractivity contribution is 9.10. The lowest BCUT2D eigenvalue weighted by Crippen LogP contribution is -2.21. The summed E-state index contributed by atoms with van der Waals surface area (Å²) in [6.07, 6.45) is 4.21. The molecule has 0 spiro atoms. The highest BCUT2D eigenvalue weighted by atomic mass is 79.9. The zero-order valence-corrected chi connectivity index (χ0v) is 15.0. The van der Waals surface area contributed by atoms with Gasteiger partial charge in [-0.25, -0.2) is 0 Å². The van der Waals surface area contributed by atoms with Gasteiger partial charge in [0.25, 0.3) is 0 Å². The zero-order chi connectivity index (χ0) is 16.2. The van der Waals surface area contributed by atoms with Gasteiger partial charge in [0.2, 0.25) is 0 Å². The van der Waals surface area contributed by atoms with Crippen molar-refractivity contribution < 1.29 is 4.84 Å². The van der Waals surface area contributed by atoms with E-state index in [1.165, 1.54) is 0 Å². The first kappa shape index (κ1) is 16.0. The fourth-order valence-corrected chi connectivity index (χ4v) is 3.03. The molecule has 1 heterocycles. The third kappa shape index (κ3) is 3.54. The summed E-state index contributed by atoms with van der Waals surface area (Å²) in [4.78, 5) is 5.80. The van der Waals surface area contributed by atoms with Gasteiger partial charge in [-0.05, 0) is 30.2 Å². The predicted octanol–water partition coefficient (Wildman–Crippen LogP) is 5.68. The van der Waals surface area contributed by atoms with Crippen LogP contribution >= 0.6 is 28.1 Å². The van der Waals surface area contributed by atoms with Gasteiger partial charge in [-0.1, -0.05) is 82.8 Å². The molecule has 0 amide bonds. The maximum atomic E-state index is 5.80. The summed E-state index contributed by atoms with van der Waals surface area (Å²) in [5, 5.41) is 1.72. The molecule has 0 fully saturated rings. The molecule has 4 heteroatoms. The summed E-state index contributed by atoms with van der Waals surface area (Å²) in [5.74, 6) is 0.867. The van der Waals surface area contributed by atoms with E-state index in [2.05, 4.69) is 52.3 Å². The van der Waals surface area contributed by atoms with Crippen LogP contribution in [0, 0.1) is 0 Å². The lowest BCUT2D eigenvalue weighted by molar-refractivity contribution is -0.0401. The maximum absolute atomic E-state index is 5.80. The van der Waals surface area contributed by atoms with E-state index in [0.29, 0.717) is 0 Å². The van der Waals surface area contributed by atoms with Crippen LogP contribution in [0.4, 0.5) is 0 Å². The van der Waals surface area contributed by atoms with Crippen LogP contribution in [0.3, 0.4) is 0 Å². The number of hydrogen-bond donors (Lipinski definition) is 0. The number of hydroxylamine groups is 2. The topological polar surface area (TPSA) is 12.5 Å². The third-order valence-electron chi connectivity index (χ3n) is 3.74. The molecule has 0 N–H and O–H groups in total. The molecule has 1 atom stereocenters. The Morgan fingerprint density at radius 2 is 1.74 bits per heavy atom. The van der Waals surface area contributed by atoms with Crippen molar-refractivity contribution in [2.75, 3.05) is 0 Å². The van der Waals surface area contributed by atoms with E-state index in [-0.39, 0.29) is 6.04 Å². The lowest BCUT2D eigenvalue weighted by atomic mass is 9.97. The summed E-state index contributed by atoms with van der Waals surface area (Å²) in [6, 6.07) is 18.4. The smallest absolute Gasteiger partial charge is 0.135 e. The predicted molar refractivity (Wildman–Crippen MR) is 102 cm³/mol. The molecule has 1 aliphatic rings. The Labute approximate surface area is 150 Å². The van der Waals surface area contributed by atoms with Crippen LogP contribution in [0.5, 0.6) is 0 Å². The van der Waals surface area contributed by atoms with Gasteiger partial charge in [-0.15, -0.1) is 0 Å². The normalized spacial score (nSPS) is 17.7. The van der Waals surface area contributed by atoms with E-state index in [0.717, 1.165) is 26.9 Å². The quantitative estimate of drug-likeness (QED) is 0.627. The molecule has 0 radical (unpaired) electrons. The fourth-order valence-electron chi connectivity index (χ4n) is 2.61. The number of nitrogens with zero attached hydrogens (tertiary/aromatic N) is 1. The molecule has 1 aliphatic heterocycles. The van der Waals surface area contributed by atoms with E-state index >= 15 is 0 Å². The molecule has 0 aliphatic carbocycles. The molecule has 0 saturated carbocycles. The Morgan fingerprint density at radius 3 is 2.39 bits per heavy atom. The van der Waals surface area contributed by atoms with Crippen molar-refractivity contribution in [1.29, 1.82) is 0 Å². The van der Waals surface area contributed by atoms with Crippen molar-refractivity contribution in [2.45, 2.75) is 13.0 Å². The second kappa shape index (κ2) is 7.11. The van der Waals surface area contributed by atoms with Gasteiger partial charge >= 0.3 is 0 Å². The van der Waals surface area contributed by atoms with Crippen LogP contribution < -0.4 is 0 Å². The number of halogens is 1. The van der Waals surface area contributed by atoms with E-state index in [4.69, 9.17) is 17.1 Å². The lowest BCUT2D eigenvalue weighted by Gasteiger charge is -2.21. The molecular formula is C19H16BrNOS. The van der Waals surface area contributed by atoms with Gasteiger partial charge in [0.1, 0.15) is 17.3 Å². The summed E-state index contributed by atoms with van der Waals surface area (Å²) in [5.41, 5.74) is 4.96. The minimum Gasteiger partial charge on any atom is -0.383 e. The first-order valence-corrected chi connectivity index (χ1v) is 8.56. The largest absolute Gasteiger partial charge is 0.383 e. The SMILES string of the molecule is CC1=C(C=Cc2ccccc2)C(c2ccc(Br)cc2)N(C=S)O1. The first-order chi connectivity index (χ1) is 11.2. The van der Waals surface area contributed by atoms with Crippen molar-refractivity contribution in [1.82, 2.24) is 5.06 Å². The average molecular weight is 386 g/mol. The number of hydrogen-bond acceptors (Lipinski definition) is 2. The summed E-state index contributed by atoms with van der Waals surface area (Å²) >= 11 is 8.59. The van der Waals surface area contributed by atoms with Crippen LogP contribution in [-0.4, -0.2) is 10.6 Å². The first-order valence-electron chi connectivity index (χ1n) is 7.30. The van der Waals surface area contributed by atoms with E-state index < -0.39 is 0 Å². The van der Waals surface area contributed by atoms with Crippen LogP contribution in [0.2, 0.25) is 0 Å². The van der Waals surface area contributed by atoms with Crippen LogP contribution in [0.1, 0.15) is 24.1 Å². The van der Waals surface area contributed by atoms with Gasteiger partial charge in [0.15, 0.2) is 0 Å². The van der Waals surface area contributed by atoms with Gasteiger partial charge in [-0.2, -0.15) is 5.06 Å². The van der Waals surface area contributed by atoms with Gasteiger partial charge in [0, 0.05) is 10.0 Å². The Bertz CT molecular complexity index is 753. The Morgan fingerprint density at radius 1 is 1.04 bits per heavy atom. The van der Waals surface area contributed by atoms with Crippen molar-refractivity contribution in [3.63, 3.8) is 0 Å². The monoisotopic (exact) mass is 385 g/mol. The van der Waals surface area contributed by atoms with Gasteiger partial charge in [0.05, 0.1) is 0 Å². The van der Waals surface area contributed by atoms with Crippen molar-refractivity contribution in [3.8, 4) is 0 Å². The number of rotatable bonds is 4. The standard InChI is InChI=1S/C19H16BrNOS/c1-14-18(12-7-15-5-3-2-4-6-15)19(21(13-23)22-14)16-8-10-17(20)11-9-16/h2-13,19H,1H3. The van der Waals surface area contributed by atoms with E-state index in [1.807, 2.05) is 37.3 Å². The zero-order valence-electron chi connectivity index (χ0n) is 12.6. The average Bonchev–Trinajstić information content (AvgIpc) is 2.90. The Hall–Kier alpha value is -1.91. The molecule has 0 saturated heterocycles. The second-order valence-electron chi connectivity index (χ2n) is 5.27. The van der Waals surface area contributed by atoms with Crippen LogP contribution in [-0.2, 0) is 4.84 Å². The number of benzene rings is 2. The highest BCUT2D eigenvalue weighted by Gasteiger charge is 2.31. The van der Waals surface area contributed by atoms with Gasteiger partial charge < -0.3 is 4.84 Å². The molecule has 3 rings (SSSR count). The summed E-state index contributed by atoms with van der Waals surface area (Å²) in [7, 11) is 0. The molecule has 1 unspecified atom stereocenters. The molecule has 23 heavy (non-hydrogen) atoms. The van der Waals surface area contributed by atoms with Crippen molar-refractivity contribution >= 4 is 39.7 Å². The highest BCUT2D eigenvalue weighted by Crippen LogP contribution is 2.38. The Balaban J connectivity index is 1.95.